The first-order valence-corrected chi connectivity index (χ1v) is 8.64. The average Bonchev–Trinajstić information content (AvgIpc) is 3.38. The molecule has 1 heterocycles. The van der Waals surface area contributed by atoms with Crippen molar-refractivity contribution in [1.29, 1.82) is 0 Å². The zero-order chi connectivity index (χ0) is 18.8. The molecule has 0 radical (unpaired) electrons. The third kappa shape index (κ3) is 3.69. The van der Waals surface area contributed by atoms with Crippen molar-refractivity contribution in [3.8, 4) is 0 Å². The largest absolute Gasteiger partial charge is 0.452 e. The number of ether oxygens (including phenoxy) is 1. The highest BCUT2D eigenvalue weighted by molar-refractivity contribution is 6.04. The molecule has 1 fully saturated rings. The molecule has 26 heavy (non-hydrogen) atoms. The summed E-state index contributed by atoms with van der Waals surface area (Å²) in [4.78, 5) is 36.0. The Hall–Kier alpha value is -2.89. The van der Waals surface area contributed by atoms with Crippen LogP contribution in [0.4, 0.5) is 5.69 Å². The van der Waals surface area contributed by atoms with Crippen LogP contribution in [0.3, 0.4) is 0 Å². The maximum absolute atomic E-state index is 12.3. The smallest absolute Gasteiger partial charge is 0.340 e. The lowest BCUT2D eigenvalue weighted by atomic mass is 10.1. The lowest BCUT2D eigenvalue weighted by Gasteiger charge is -2.10. The molecule has 1 N–H and O–H groups in total. The summed E-state index contributed by atoms with van der Waals surface area (Å²) in [5.41, 5.74) is 3.22. The molecule has 6 nitrogen and oxygen atoms in total. The number of para-hydroxylation sites is 1. The number of Topliss-reactive ketones (excluding diaryl/α,β-unsaturated/α-hetero) is 1. The fraction of sp³-hybridized carbons (Fsp3) is 0.350. The molecule has 1 saturated carbocycles. The van der Waals surface area contributed by atoms with Crippen molar-refractivity contribution in [3.63, 3.8) is 0 Å². The minimum Gasteiger partial charge on any atom is -0.452 e. The fourth-order valence-corrected chi connectivity index (χ4v) is 3.17. The number of carbonyl (C=O) groups is 3. The molecule has 1 aliphatic rings. The van der Waals surface area contributed by atoms with E-state index in [1.165, 1.54) is 6.92 Å². The Bertz CT molecular complexity index is 878. The maximum atomic E-state index is 12.3. The lowest BCUT2D eigenvalue weighted by molar-refractivity contribution is -0.119. The third-order valence-corrected chi connectivity index (χ3v) is 4.53. The number of esters is 1. The zero-order valence-electron chi connectivity index (χ0n) is 15.2. The van der Waals surface area contributed by atoms with Crippen LogP contribution in [0.1, 0.15) is 57.9 Å². The molecular formula is C20H22N2O4. The van der Waals surface area contributed by atoms with E-state index in [0.29, 0.717) is 22.9 Å². The van der Waals surface area contributed by atoms with Gasteiger partial charge >= 0.3 is 5.97 Å². The molecule has 6 heteroatoms. The number of ketones is 1. The number of hydrogen-bond acceptors (Lipinski definition) is 4. The minimum absolute atomic E-state index is 0.148. The number of hydrogen-bond donors (Lipinski definition) is 1. The Morgan fingerprint density at radius 2 is 1.85 bits per heavy atom. The highest BCUT2D eigenvalue weighted by Gasteiger charge is 2.28. The normalized spacial score (nSPS) is 13.3. The molecule has 1 aromatic heterocycles. The molecule has 0 saturated heterocycles. The van der Waals surface area contributed by atoms with E-state index in [2.05, 4.69) is 9.88 Å². The van der Waals surface area contributed by atoms with E-state index < -0.39 is 18.5 Å². The Morgan fingerprint density at radius 3 is 2.50 bits per heavy atom. The Labute approximate surface area is 152 Å². The number of aromatic nitrogens is 1. The zero-order valence-corrected chi connectivity index (χ0v) is 15.2. The van der Waals surface area contributed by atoms with Gasteiger partial charge in [0.25, 0.3) is 5.91 Å². The highest BCUT2D eigenvalue weighted by atomic mass is 16.5. The summed E-state index contributed by atoms with van der Waals surface area (Å²) in [6, 6.07) is 9.00. The number of carbonyl (C=O) groups excluding carboxylic acids is 3. The van der Waals surface area contributed by atoms with Gasteiger partial charge in [-0.3, -0.25) is 9.59 Å². The molecule has 2 aromatic rings. The minimum atomic E-state index is -0.514. The molecule has 1 aliphatic carbocycles. The van der Waals surface area contributed by atoms with Crippen molar-refractivity contribution in [2.24, 2.45) is 0 Å². The van der Waals surface area contributed by atoms with Gasteiger partial charge in [0.15, 0.2) is 12.4 Å². The van der Waals surface area contributed by atoms with Gasteiger partial charge in [0.2, 0.25) is 0 Å². The Balaban J connectivity index is 1.62. The first kappa shape index (κ1) is 17.9. The molecule has 3 rings (SSSR count). The second-order valence-electron chi connectivity index (χ2n) is 6.61. The number of nitrogens with one attached hydrogen (secondary N) is 1. The molecule has 136 valence electrons. The van der Waals surface area contributed by atoms with E-state index in [1.54, 1.807) is 30.3 Å². The van der Waals surface area contributed by atoms with E-state index in [-0.39, 0.29) is 5.78 Å². The van der Waals surface area contributed by atoms with Crippen LogP contribution in [0.15, 0.2) is 30.3 Å². The highest BCUT2D eigenvalue weighted by Crippen LogP contribution is 2.38. The number of aryl methyl sites for hydroxylation is 1. The molecule has 1 amide bonds. The van der Waals surface area contributed by atoms with E-state index in [0.717, 1.165) is 24.2 Å². The van der Waals surface area contributed by atoms with Crippen molar-refractivity contribution in [3.05, 3.63) is 52.8 Å². The lowest BCUT2D eigenvalue weighted by Crippen LogP contribution is -2.22. The Morgan fingerprint density at radius 1 is 1.15 bits per heavy atom. The van der Waals surface area contributed by atoms with Crippen molar-refractivity contribution in [2.45, 2.75) is 39.7 Å². The van der Waals surface area contributed by atoms with Crippen molar-refractivity contribution in [1.82, 2.24) is 4.57 Å². The van der Waals surface area contributed by atoms with Gasteiger partial charge in [-0.15, -0.1) is 0 Å². The summed E-state index contributed by atoms with van der Waals surface area (Å²) < 4.78 is 7.32. The van der Waals surface area contributed by atoms with Gasteiger partial charge in [0.05, 0.1) is 11.3 Å². The fourth-order valence-electron chi connectivity index (χ4n) is 3.17. The Kier molecular flexibility index (Phi) is 4.93. The maximum Gasteiger partial charge on any atom is 0.340 e. The topological polar surface area (TPSA) is 77.4 Å². The van der Waals surface area contributed by atoms with Gasteiger partial charge in [-0.25, -0.2) is 4.79 Å². The molecular weight excluding hydrogens is 332 g/mol. The second-order valence-corrected chi connectivity index (χ2v) is 6.61. The van der Waals surface area contributed by atoms with Gasteiger partial charge in [-0.1, -0.05) is 12.1 Å². The summed E-state index contributed by atoms with van der Waals surface area (Å²) >= 11 is 0. The number of benzene rings is 1. The predicted octanol–water partition coefficient (Wildman–Crippen LogP) is 3.44. The summed E-state index contributed by atoms with van der Waals surface area (Å²) in [5.74, 6) is -1.14. The monoisotopic (exact) mass is 354 g/mol. The summed E-state index contributed by atoms with van der Waals surface area (Å²) in [6.45, 7) is 4.89. The van der Waals surface area contributed by atoms with Gasteiger partial charge in [0, 0.05) is 23.0 Å². The SMILES string of the molecule is CC(=O)c1ccccc1NC(=O)COC(=O)c1cc(C)n(C2CC2)c1C. The van der Waals surface area contributed by atoms with Crippen LogP contribution in [0.25, 0.3) is 0 Å². The van der Waals surface area contributed by atoms with E-state index in [1.807, 2.05) is 13.8 Å². The average molecular weight is 354 g/mol. The van der Waals surface area contributed by atoms with Crippen LogP contribution in [0, 0.1) is 13.8 Å². The number of amides is 1. The van der Waals surface area contributed by atoms with Crippen LogP contribution in [0.5, 0.6) is 0 Å². The second kappa shape index (κ2) is 7.15. The molecule has 1 aromatic carbocycles. The van der Waals surface area contributed by atoms with Crippen molar-refractivity contribution < 1.29 is 19.1 Å². The number of nitrogens with zero attached hydrogens (tertiary/aromatic N) is 1. The van der Waals surface area contributed by atoms with Crippen LogP contribution < -0.4 is 5.32 Å². The van der Waals surface area contributed by atoms with Gasteiger partial charge < -0.3 is 14.6 Å². The van der Waals surface area contributed by atoms with Gasteiger partial charge in [0.1, 0.15) is 0 Å². The van der Waals surface area contributed by atoms with Crippen LogP contribution in [-0.4, -0.2) is 28.8 Å². The summed E-state index contributed by atoms with van der Waals surface area (Å²) in [6.07, 6.45) is 2.26. The standard InChI is InChI=1S/C20H22N2O4/c1-12-10-17(13(2)22(12)15-8-9-15)20(25)26-11-19(24)21-18-7-5-4-6-16(18)14(3)23/h4-7,10,15H,8-9,11H2,1-3H3,(H,21,24). The predicted molar refractivity (Wildman–Crippen MR) is 97.5 cm³/mol. The molecule has 0 spiro atoms. The third-order valence-electron chi connectivity index (χ3n) is 4.53. The van der Waals surface area contributed by atoms with Crippen LogP contribution >= 0.6 is 0 Å². The first-order valence-electron chi connectivity index (χ1n) is 8.64. The van der Waals surface area contributed by atoms with E-state index in [9.17, 15) is 14.4 Å². The quantitative estimate of drug-likeness (QED) is 0.637. The van der Waals surface area contributed by atoms with Crippen molar-refractivity contribution >= 4 is 23.3 Å². The summed E-state index contributed by atoms with van der Waals surface area (Å²) in [5, 5.41) is 2.62. The van der Waals surface area contributed by atoms with Crippen LogP contribution in [0.2, 0.25) is 0 Å². The van der Waals surface area contributed by atoms with Gasteiger partial charge in [-0.05, 0) is 51.8 Å². The van der Waals surface area contributed by atoms with Crippen molar-refractivity contribution in [2.75, 3.05) is 11.9 Å². The molecule has 0 atom stereocenters. The number of anilines is 1. The summed E-state index contributed by atoms with van der Waals surface area (Å²) in [7, 11) is 0. The molecule has 0 unspecified atom stereocenters. The van der Waals surface area contributed by atoms with Crippen LogP contribution in [-0.2, 0) is 9.53 Å². The first-order chi connectivity index (χ1) is 12.4. The van der Waals surface area contributed by atoms with E-state index in [4.69, 9.17) is 4.74 Å². The van der Waals surface area contributed by atoms with E-state index >= 15 is 0 Å². The number of rotatable bonds is 6. The molecule has 0 aliphatic heterocycles. The van der Waals surface area contributed by atoms with Gasteiger partial charge in [-0.2, -0.15) is 0 Å². The molecule has 0 bridgehead atoms.